The van der Waals surface area contributed by atoms with Crippen LogP contribution in [0.5, 0.6) is 0 Å². The van der Waals surface area contributed by atoms with Gasteiger partial charge >= 0.3 is 0 Å². The number of hydrogen-bond acceptors (Lipinski definition) is 6. The van der Waals surface area contributed by atoms with E-state index in [1.54, 1.807) is 13.0 Å². The number of fused-ring (bicyclic) bond motifs is 1. The average molecular weight is 380 g/mol. The number of aromatic nitrogens is 1. The minimum absolute atomic E-state index is 0.0765. The summed E-state index contributed by atoms with van der Waals surface area (Å²) in [5.41, 5.74) is -1.34. The van der Waals surface area contributed by atoms with Crippen LogP contribution in [0.3, 0.4) is 0 Å². The number of pyridine rings is 1. The van der Waals surface area contributed by atoms with Gasteiger partial charge in [-0.15, -0.1) is 0 Å². The van der Waals surface area contributed by atoms with E-state index >= 15 is 0 Å². The number of methoxy groups -OCH3 is 1. The Kier molecular flexibility index (Phi) is 4.81. The van der Waals surface area contributed by atoms with Crippen LogP contribution < -0.4 is 4.72 Å². The van der Waals surface area contributed by atoms with Gasteiger partial charge in [0, 0.05) is 24.4 Å². The quantitative estimate of drug-likeness (QED) is 0.742. The summed E-state index contributed by atoms with van der Waals surface area (Å²) in [6.45, 7) is 3.54. The molecule has 0 aliphatic heterocycles. The van der Waals surface area contributed by atoms with Gasteiger partial charge in [0.2, 0.25) is 0 Å². The Morgan fingerprint density at radius 2 is 2.12 bits per heavy atom. The molecule has 1 aromatic rings. The first-order valence-electron chi connectivity index (χ1n) is 8.55. The van der Waals surface area contributed by atoms with Gasteiger partial charge in [-0.2, -0.15) is 0 Å². The van der Waals surface area contributed by atoms with Crippen molar-refractivity contribution in [3.8, 4) is 0 Å². The highest BCUT2D eigenvalue weighted by atomic mass is 32.2. The van der Waals surface area contributed by atoms with Crippen LogP contribution >= 0.6 is 0 Å². The zero-order chi connectivity index (χ0) is 19.2. The van der Waals surface area contributed by atoms with Crippen molar-refractivity contribution in [2.24, 2.45) is 5.92 Å². The number of ether oxygens (including phenoxy) is 1. The third kappa shape index (κ3) is 3.11. The Balaban J connectivity index is 1.95. The fourth-order valence-corrected chi connectivity index (χ4v) is 5.53. The van der Waals surface area contributed by atoms with Gasteiger partial charge < -0.3 is 9.84 Å². The third-order valence-corrected chi connectivity index (χ3v) is 6.96. The van der Waals surface area contributed by atoms with Gasteiger partial charge in [-0.3, -0.25) is 4.79 Å². The van der Waals surface area contributed by atoms with Crippen molar-refractivity contribution in [2.45, 2.75) is 55.4 Å². The predicted molar refractivity (Wildman–Crippen MR) is 94.9 cm³/mol. The Morgan fingerprint density at radius 1 is 1.38 bits per heavy atom. The molecule has 4 atom stereocenters. The molecule has 2 aliphatic rings. The number of carbonyl (C=O) groups excluding carboxylic acids is 1. The lowest BCUT2D eigenvalue weighted by Crippen LogP contribution is -2.56. The molecule has 2 N–H and O–H groups in total. The number of rotatable bonds is 5. The molecule has 2 aliphatic carbocycles. The first kappa shape index (κ1) is 19.2. The van der Waals surface area contributed by atoms with Crippen molar-refractivity contribution >= 4 is 16.3 Å². The molecule has 1 unspecified atom stereocenters. The number of aldehydes is 1. The van der Waals surface area contributed by atoms with E-state index in [1.165, 1.54) is 25.4 Å². The van der Waals surface area contributed by atoms with Crippen LogP contribution in [0.4, 0.5) is 0 Å². The van der Waals surface area contributed by atoms with Crippen molar-refractivity contribution < 1.29 is 23.1 Å². The van der Waals surface area contributed by atoms with E-state index in [4.69, 9.17) is 4.74 Å². The molecule has 0 aromatic carbocycles. The molecule has 142 valence electrons. The maximum atomic E-state index is 12.7. The second kappa shape index (κ2) is 6.53. The van der Waals surface area contributed by atoms with E-state index in [1.807, 2.05) is 6.92 Å². The Labute approximate surface area is 153 Å². The molecule has 8 heteroatoms. The minimum atomic E-state index is -3.87. The SMILES string of the molecule is CO[C@@H]1CCC2C[C@@](C)(NS(=O)(=O)c3ccc(C)cn3)C=C(C=O)[C@@]21O. The molecule has 1 fully saturated rings. The van der Waals surface area contributed by atoms with Crippen LogP contribution in [0, 0.1) is 12.8 Å². The number of aliphatic hydroxyl groups is 1. The molecule has 0 spiro atoms. The zero-order valence-corrected chi connectivity index (χ0v) is 15.9. The van der Waals surface area contributed by atoms with Crippen molar-refractivity contribution in [2.75, 3.05) is 7.11 Å². The summed E-state index contributed by atoms with van der Waals surface area (Å²) in [5.74, 6) is -0.267. The van der Waals surface area contributed by atoms with Gasteiger partial charge in [0.05, 0.1) is 6.10 Å². The average Bonchev–Trinajstić information content (AvgIpc) is 2.90. The lowest BCUT2D eigenvalue weighted by molar-refractivity contribution is -0.114. The second-order valence-corrected chi connectivity index (χ2v) is 9.07. The fraction of sp³-hybridized carbons (Fsp3) is 0.556. The molecule has 0 bridgehead atoms. The Hall–Kier alpha value is -1.61. The maximum Gasteiger partial charge on any atom is 0.258 e. The van der Waals surface area contributed by atoms with Gasteiger partial charge in [-0.1, -0.05) is 12.1 Å². The smallest absolute Gasteiger partial charge is 0.258 e. The highest BCUT2D eigenvalue weighted by Gasteiger charge is 2.56. The van der Waals surface area contributed by atoms with Crippen LogP contribution in [0.1, 0.15) is 31.7 Å². The van der Waals surface area contributed by atoms with Crippen molar-refractivity contribution in [3.63, 3.8) is 0 Å². The van der Waals surface area contributed by atoms with E-state index in [0.29, 0.717) is 25.5 Å². The van der Waals surface area contributed by atoms with Crippen molar-refractivity contribution in [3.05, 3.63) is 35.5 Å². The summed E-state index contributed by atoms with van der Waals surface area (Å²) in [7, 11) is -2.36. The predicted octanol–water partition coefficient (Wildman–Crippen LogP) is 1.11. The molecule has 26 heavy (non-hydrogen) atoms. The van der Waals surface area contributed by atoms with E-state index in [-0.39, 0.29) is 16.5 Å². The standard InChI is InChI=1S/C18H24N2O5S/c1-12-4-7-16(19-10-12)26(23,24)20-17(2)8-13-5-6-15(25-3)18(13,22)14(9-17)11-21/h4,7,9-11,13,15,20,22H,5-6,8H2,1-3H3/t13?,15-,17-,18+/m1/s1. The molecule has 1 aromatic heterocycles. The summed E-state index contributed by atoms with van der Waals surface area (Å²) in [4.78, 5) is 15.6. The minimum Gasteiger partial charge on any atom is -0.382 e. The Morgan fingerprint density at radius 3 is 2.69 bits per heavy atom. The number of nitrogens with one attached hydrogen (secondary N) is 1. The fourth-order valence-electron chi connectivity index (χ4n) is 4.23. The summed E-state index contributed by atoms with van der Waals surface area (Å²) in [6.07, 6.45) is 4.77. The molecule has 0 amide bonds. The summed E-state index contributed by atoms with van der Waals surface area (Å²) < 4.78 is 33.5. The molecule has 1 heterocycles. The maximum absolute atomic E-state index is 12.7. The van der Waals surface area contributed by atoms with E-state index < -0.39 is 27.3 Å². The van der Waals surface area contributed by atoms with Crippen LogP contribution in [0.15, 0.2) is 35.0 Å². The number of hydrogen-bond donors (Lipinski definition) is 2. The van der Waals surface area contributed by atoms with Gasteiger partial charge in [-0.05, 0) is 50.7 Å². The lowest BCUT2D eigenvalue weighted by atomic mass is 9.70. The van der Waals surface area contributed by atoms with Crippen molar-refractivity contribution in [1.82, 2.24) is 9.71 Å². The molecular formula is C18H24N2O5S. The largest absolute Gasteiger partial charge is 0.382 e. The first-order chi connectivity index (χ1) is 12.1. The molecule has 3 rings (SSSR count). The highest BCUT2D eigenvalue weighted by Crippen LogP contribution is 2.49. The van der Waals surface area contributed by atoms with Crippen LogP contribution in [-0.4, -0.2) is 49.1 Å². The van der Waals surface area contributed by atoms with Gasteiger partial charge in [-0.25, -0.2) is 18.1 Å². The number of nitrogens with zero attached hydrogens (tertiary/aromatic N) is 1. The zero-order valence-electron chi connectivity index (χ0n) is 15.1. The summed E-state index contributed by atoms with van der Waals surface area (Å²) >= 11 is 0. The van der Waals surface area contributed by atoms with Crippen LogP contribution in [-0.2, 0) is 19.6 Å². The molecule has 0 saturated heterocycles. The van der Waals surface area contributed by atoms with Crippen LogP contribution in [0.2, 0.25) is 0 Å². The van der Waals surface area contributed by atoms with Crippen LogP contribution in [0.25, 0.3) is 0 Å². The lowest BCUT2D eigenvalue weighted by Gasteiger charge is -2.44. The molecule has 0 radical (unpaired) electrons. The molecular weight excluding hydrogens is 356 g/mol. The monoisotopic (exact) mass is 380 g/mol. The van der Waals surface area contributed by atoms with E-state index in [9.17, 15) is 18.3 Å². The van der Waals surface area contributed by atoms with Gasteiger partial charge in [0.1, 0.15) is 11.9 Å². The van der Waals surface area contributed by atoms with Gasteiger partial charge in [0.15, 0.2) is 5.03 Å². The Bertz CT molecular complexity index is 836. The van der Waals surface area contributed by atoms with Gasteiger partial charge in [0.25, 0.3) is 10.0 Å². The van der Waals surface area contributed by atoms with E-state index in [2.05, 4.69) is 9.71 Å². The number of carbonyl (C=O) groups is 1. The summed E-state index contributed by atoms with van der Waals surface area (Å²) in [5, 5.41) is 11.0. The molecule has 7 nitrogen and oxygen atoms in total. The summed E-state index contributed by atoms with van der Waals surface area (Å²) in [6, 6.07) is 3.12. The van der Waals surface area contributed by atoms with E-state index in [0.717, 1.165) is 5.56 Å². The number of sulfonamides is 1. The second-order valence-electron chi connectivity index (χ2n) is 7.44. The topological polar surface area (TPSA) is 106 Å². The number of aryl methyl sites for hydroxylation is 1. The normalized spacial score (nSPS) is 34.2. The molecule has 1 saturated carbocycles. The van der Waals surface area contributed by atoms with Crippen molar-refractivity contribution in [1.29, 1.82) is 0 Å². The first-order valence-corrected chi connectivity index (χ1v) is 10.0. The third-order valence-electron chi connectivity index (χ3n) is 5.44. The highest BCUT2D eigenvalue weighted by molar-refractivity contribution is 7.89.